The zero-order valence-corrected chi connectivity index (χ0v) is 13.4. The minimum atomic E-state index is -0.885. The number of carboxylic acid groups (broad SMARTS) is 1. The van der Waals surface area contributed by atoms with Crippen molar-refractivity contribution < 1.29 is 9.90 Å². The summed E-state index contributed by atoms with van der Waals surface area (Å²) in [5, 5.41) is 8.86. The quantitative estimate of drug-likeness (QED) is 0.805. The molecule has 0 bridgehead atoms. The van der Waals surface area contributed by atoms with Crippen LogP contribution in [0.3, 0.4) is 0 Å². The lowest BCUT2D eigenvalue weighted by atomic mass is 10.1. The summed E-state index contributed by atoms with van der Waals surface area (Å²) in [7, 11) is 2.06. The van der Waals surface area contributed by atoms with Gasteiger partial charge in [0.25, 0.3) is 0 Å². The van der Waals surface area contributed by atoms with Gasteiger partial charge in [-0.1, -0.05) is 24.3 Å². The lowest BCUT2D eigenvalue weighted by molar-refractivity contribution is 0.0697. The van der Waals surface area contributed by atoms with Crippen LogP contribution in [-0.4, -0.2) is 23.0 Å². The Morgan fingerprint density at radius 3 is 1.90 bits per heavy atom. The van der Waals surface area contributed by atoms with Gasteiger partial charge in [-0.2, -0.15) is 0 Å². The Balaban J connectivity index is 1.95. The Hall–Kier alpha value is -1.40. The molecule has 0 aliphatic rings. The first-order chi connectivity index (χ1) is 9.54. The third-order valence-corrected chi connectivity index (χ3v) is 3.74. The standard InChI is InChI=1S/C16H16INO2/c1-18(11-13-4-8-15(17)9-5-13)10-12-2-6-14(7-3-12)16(19)20/h2-9H,10-11H2,1H3,(H,19,20). The maximum Gasteiger partial charge on any atom is 0.335 e. The molecule has 0 unspecified atom stereocenters. The normalized spacial score (nSPS) is 10.8. The second-order valence-corrected chi connectivity index (χ2v) is 6.05. The Morgan fingerprint density at radius 1 is 1.00 bits per heavy atom. The number of nitrogens with zero attached hydrogens (tertiary/aromatic N) is 1. The van der Waals surface area contributed by atoms with Crippen LogP contribution in [0.15, 0.2) is 48.5 Å². The molecule has 0 amide bonds. The maximum absolute atomic E-state index is 10.8. The number of halogens is 1. The minimum Gasteiger partial charge on any atom is -0.478 e. The predicted molar refractivity (Wildman–Crippen MR) is 87.7 cm³/mol. The van der Waals surface area contributed by atoms with Crippen LogP contribution < -0.4 is 0 Å². The zero-order valence-electron chi connectivity index (χ0n) is 11.2. The number of carbonyl (C=O) groups is 1. The van der Waals surface area contributed by atoms with E-state index in [1.54, 1.807) is 12.1 Å². The van der Waals surface area contributed by atoms with Crippen molar-refractivity contribution in [1.29, 1.82) is 0 Å². The van der Waals surface area contributed by atoms with Crippen LogP contribution in [0.25, 0.3) is 0 Å². The molecule has 0 atom stereocenters. The first kappa shape index (κ1) is 15.0. The number of hydrogen-bond acceptors (Lipinski definition) is 2. The van der Waals surface area contributed by atoms with E-state index < -0.39 is 5.97 Å². The van der Waals surface area contributed by atoms with E-state index in [4.69, 9.17) is 5.11 Å². The third-order valence-electron chi connectivity index (χ3n) is 3.02. The Kier molecular flexibility index (Phi) is 5.14. The van der Waals surface area contributed by atoms with Gasteiger partial charge in [-0.05, 0) is 65.0 Å². The molecular weight excluding hydrogens is 365 g/mol. The molecule has 104 valence electrons. The van der Waals surface area contributed by atoms with Gasteiger partial charge in [0, 0.05) is 16.7 Å². The second kappa shape index (κ2) is 6.85. The van der Waals surface area contributed by atoms with Gasteiger partial charge in [0.05, 0.1) is 5.56 Å². The van der Waals surface area contributed by atoms with Crippen molar-refractivity contribution in [1.82, 2.24) is 4.90 Å². The molecular formula is C16H16INO2. The Bertz CT molecular complexity index is 578. The number of rotatable bonds is 5. The SMILES string of the molecule is CN(Cc1ccc(I)cc1)Cc1ccc(C(=O)O)cc1. The maximum atomic E-state index is 10.8. The van der Waals surface area contributed by atoms with Crippen molar-refractivity contribution in [2.45, 2.75) is 13.1 Å². The van der Waals surface area contributed by atoms with Crippen molar-refractivity contribution in [3.8, 4) is 0 Å². The fraction of sp³-hybridized carbons (Fsp3) is 0.188. The highest BCUT2D eigenvalue weighted by atomic mass is 127. The monoisotopic (exact) mass is 381 g/mol. The summed E-state index contributed by atoms with van der Waals surface area (Å²) in [4.78, 5) is 13.0. The fourth-order valence-electron chi connectivity index (χ4n) is 2.02. The van der Waals surface area contributed by atoms with Crippen LogP contribution in [0.5, 0.6) is 0 Å². The average molecular weight is 381 g/mol. The highest BCUT2D eigenvalue weighted by molar-refractivity contribution is 14.1. The Morgan fingerprint density at radius 2 is 1.45 bits per heavy atom. The molecule has 3 nitrogen and oxygen atoms in total. The van der Waals surface area contributed by atoms with Gasteiger partial charge in [-0.3, -0.25) is 4.90 Å². The minimum absolute atomic E-state index is 0.328. The predicted octanol–water partition coefficient (Wildman–Crippen LogP) is 3.62. The van der Waals surface area contributed by atoms with E-state index in [1.165, 1.54) is 9.13 Å². The van der Waals surface area contributed by atoms with Gasteiger partial charge in [0.2, 0.25) is 0 Å². The largest absolute Gasteiger partial charge is 0.478 e. The first-order valence-electron chi connectivity index (χ1n) is 6.30. The number of benzene rings is 2. The molecule has 0 heterocycles. The second-order valence-electron chi connectivity index (χ2n) is 4.80. The van der Waals surface area contributed by atoms with Crippen molar-refractivity contribution >= 4 is 28.6 Å². The number of carboxylic acids is 1. The van der Waals surface area contributed by atoms with E-state index in [9.17, 15) is 4.79 Å². The molecule has 0 radical (unpaired) electrons. The molecule has 0 saturated carbocycles. The molecule has 4 heteroatoms. The van der Waals surface area contributed by atoms with E-state index in [1.807, 2.05) is 12.1 Å². The van der Waals surface area contributed by atoms with Crippen molar-refractivity contribution in [3.63, 3.8) is 0 Å². The molecule has 0 saturated heterocycles. The highest BCUT2D eigenvalue weighted by Crippen LogP contribution is 2.11. The van der Waals surface area contributed by atoms with E-state index in [0.29, 0.717) is 5.56 Å². The Labute approximate surface area is 132 Å². The highest BCUT2D eigenvalue weighted by Gasteiger charge is 2.04. The molecule has 0 spiro atoms. The van der Waals surface area contributed by atoms with E-state index in [-0.39, 0.29) is 0 Å². The summed E-state index contributed by atoms with van der Waals surface area (Å²) in [6.07, 6.45) is 0. The lowest BCUT2D eigenvalue weighted by Gasteiger charge is -2.17. The van der Waals surface area contributed by atoms with Crippen molar-refractivity contribution in [2.75, 3.05) is 7.05 Å². The van der Waals surface area contributed by atoms with Crippen LogP contribution in [0.1, 0.15) is 21.5 Å². The van der Waals surface area contributed by atoms with Crippen LogP contribution in [0.4, 0.5) is 0 Å². The molecule has 0 fully saturated rings. The lowest BCUT2D eigenvalue weighted by Crippen LogP contribution is -2.17. The summed E-state index contributed by atoms with van der Waals surface area (Å²) < 4.78 is 1.23. The molecule has 0 aliphatic carbocycles. The number of hydrogen-bond donors (Lipinski definition) is 1. The molecule has 0 aliphatic heterocycles. The number of aromatic carboxylic acids is 1. The van der Waals surface area contributed by atoms with E-state index >= 15 is 0 Å². The fourth-order valence-corrected chi connectivity index (χ4v) is 2.38. The smallest absolute Gasteiger partial charge is 0.335 e. The topological polar surface area (TPSA) is 40.5 Å². The first-order valence-corrected chi connectivity index (χ1v) is 7.37. The molecule has 1 N–H and O–H groups in total. The van der Waals surface area contributed by atoms with Crippen molar-refractivity contribution in [3.05, 3.63) is 68.8 Å². The van der Waals surface area contributed by atoms with Crippen LogP contribution >= 0.6 is 22.6 Å². The zero-order chi connectivity index (χ0) is 14.5. The summed E-state index contributed by atoms with van der Waals surface area (Å²) in [5.74, 6) is -0.885. The van der Waals surface area contributed by atoms with Gasteiger partial charge in [-0.25, -0.2) is 4.79 Å². The molecule has 20 heavy (non-hydrogen) atoms. The van der Waals surface area contributed by atoms with Gasteiger partial charge in [-0.15, -0.1) is 0 Å². The van der Waals surface area contributed by atoms with Crippen LogP contribution in [-0.2, 0) is 13.1 Å². The van der Waals surface area contributed by atoms with E-state index in [0.717, 1.165) is 18.7 Å². The molecule has 2 aromatic rings. The summed E-state index contributed by atoms with van der Waals surface area (Å²) in [5.41, 5.74) is 2.71. The van der Waals surface area contributed by atoms with Crippen molar-refractivity contribution in [2.24, 2.45) is 0 Å². The van der Waals surface area contributed by atoms with E-state index in [2.05, 4.69) is 58.8 Å². The van der Waals surface area contributed by atoms with Gasteiger partial charge >= 0.3 is 5.97 Å². The molecule has 2 rings (SSSR count). The van der Waals surface area contributed by atoms with Gasteiger partial charge in [0.1, 0.15) is 0 Å². The summed E-state index contributed by atoms with van der Waals surface area (Å²) in [6, 6.07) is 15.5. The molecule has 0 aromatic heterocycles. The van der Waals surface area contributed by atoms with Crippen LogP contribution in [0, 0.1) is 3.57 Å². The third kappa shape index (κ3) is 4.31. The summed E-state index contributed by atoms with van der Waals surface area (Å²) >= 11 is 2.30. The van der Waals surface area contributed by atoms with Gasteiger partial charge < -0.3 is 5.11 Å². The summed E-state index contributed by atoms with van der Waals surface area (Å²) in [6.45, 7) is 1.67. The average Bonchev–Trinajstić information content (AvgIpc) is 2.42. The van der Waals surface area contributed by atoms with Crippen LogP contribution in [0.2, 0.25) is 0 Å². The van der Waals surface area contributed by atoms with Gasteiger partial charge in [0.15, 0.2) is 0 Å². The molecule has 2 aromatic carbocycles.